The summed E-state index contributed by atoms with van der Waals surface area (Å²) in [5, 5.41) is 7.87. The summed E-state index contributed by atoms with van der Waals surface area (Å²) in [4.78, 5) is 14.2. The molecule has 1 aromatic heterocycles. The number of rotatable bonds is 5. The Bertz CT molecular complexity index is 733. The van der Waals surface area contributed by atoms with Gasteiger partial charge in [-0.15, -0.1) is 5.10 Å². The van der Waals surface area contributed by atoms with Gasteiger partial charge in [0.05, 0.1) is 17.8 Å². The van der Waals surface area contributed by atoms with E-state index in [4.69, 9.17) is 0 Å². The largest absolute Gasteiger partial charge is 0.433 e. The number of aromatic nitrogens is 3. The minimum atomic E-state index is -2.93. The molecule has 0 bridgehead atoms. The molecule has 0 fully saturated rings. The third-order valence-electron chi connectivity index (χ3n) is 3.94. The van der Waals surface area contributed by atoms with Gasteiger partial charge < -0.3 is 9.64 Å². The number of para-hydroxylation sites is 1. The van der Waals surface area contributed by atoms with Gasteiger partial charge in [0.15, 0.2) is 0 Å². The predicted octanol–water partition coefficient (Wildman–Crippen LogP) is 2.42. The van der Waals surface area contributed by atoms with E-state index in [-0.39, 0.29) is 18.1 Å². The Morgan fingerprint density at radius 3 is 2.96 bits per heavy atom. The van der Waals surface area contributed by atoms with Gasteiger partial charge in [-0.25, -0.2) is 0 Å². The fourth-order valence-electron chi connectivity index (χ4n) is 2.88. The number of alkyl halides is 2. The van der Waals surface area contributed by atoms with Crippen molar-refractivity contribution in [3.05, 3.63) is 35.7 Å². The molecule has 0 aliphatic carbocycles. The van der Waals surface area contributed by atoms with Crippen molar-refractivity contribution in [1.29, 1.82) is 0 Å². The smallest absolute Gasteiger partial charge is 0.387 e. The number of hydrogen-bond acceptors (Lipinski definition) is 4. The summed E-state index contributed by atoms with van der Waals surface area (Å²) < 4.78 is 31.6. The summed E-state index contributed by atoms with van der Waals surface area (Å²) >= 11 is 0. The van der Waals surface area contributed by atoms with E-state index in [1.807, 2.05) is 13.0 Å². The fraction of sp³-hybridized carbons (Fsp3) is 0.438. The molecule has 2 aromatic rings. The summed E-state index contributed by atoms with van der Waals surface area (Å²) in [6.45, 7) is 0.131. The Hall–Kier alpha value is -2.51. The number of carbonyl (C=O) groups excluding carboxylic acids is 1. The number of nitrogens with zero attached hydrogens (tertiary/aromatic N) is 4. The van der Waals surface area contributed by atoms with Crippen LogP contribution in [0.25, 0.3) is 0 Å². The molecule has 128 valence electrons. The molecule has 0 unspecified atom stereocenters. The first kappa shape index (κ1) is 16.4. The Labute approximate surface area is 138 Å². The van der Waals surface area contributed by atoms with E-state index in [2.05, 4.69) is 15.0 Å². The van der Waals surface area contributed by atoms with Gasteiger partial charge >= 0.3 is 6.61 Å². The van der Waals surface area contributed by atoms with Gasteiger partial charge in [0.1, 0.15) is 5.75 Å². The molecule has 8 heteroatoms. The Morgan fingerprint density at radius 2 is 2.25 bits per heavy atom. The molecule has 6 nitrogen and oxygen atoms in total. The quantitative estimate of drug-likeness (QED) is 0.841. The Balaban J connectivity index is 1.86. The van der Waals surface area contributed by atoms with Crippen LogP contribution in [0.15, 0.2) is 24.4 Å². The van der Waals surface area contributed by atoms with Crippen LogP contribution in [0.5, 0.6) is 5.75 Å². The maximum absolute atomic E-state index is 12.7. The number of aryl methyl sites for hydroxylation is 2. The lowest BCUT2D eigenvalue weighted by Gasteiger charge is -2.31. The number of fused-ring (bicyclic) bond motifs is 1. The molecule has 0 radical (unpaired) electrons. The van der Waals surface area contributed by atoms with Crippen LogP contribution in [-0.4, -0.2) is 34.1 Å². The zero-order valence-corrected chi connectivity index (χ0v) is 13.3. The number of amides is 1. The third kappa shape index (κ3) is 3.37. The van der Waals surface area contributed by atoms with Crippen molar-refractivity contribution < 1.29 is 18.3 Å². The topological polar surface area (TPSA) is 60.2 Å². The van der Waals surface area contributed by atoms with Crippen LogP contribution in [-0.2, 0) is 24.2 Å². The lowest BCUT2D eigenvalue weighted by atomic mass is 10.0. The van der Waals surface area contributed by atoms with Gasteiger partial charge in [0, 0.05) is 19.3 Å². The second kappa shape index (κ2) is 6.94. The summed E-state index contributed by atoms with van der Waals surface area (Å²) in [5.74, 6) is -0.169. The Kier molecular flexibility index (Phi) is 4.73. The highest BCUT2D eigenvalue weighted by molar-refractivity contribution is 5.97. The summed E-state index contributed by atoms with van der Waals surface area (Å²) in [5.41, 5.74) is 1.84. The van der Waals surface area contributed by atoms with Crippen molar-refractivity contribution in [1.82, 2.24) is 15.0 Å². The first-order valence-corrected chi connectivity index (χ1v) is 7.84. The van der Waals surface area contributed by atoms with Gasteiger partial charge in [-0.3, -0.25) is 9.48 Å². The van der Waals surface area contributed by atoms with Crippen LogP contribution in [0, 0.1) is 0 Å². The van der Waals surface area contributed by atoms with Crippen LogP contribution in [0.2, 0.25) is 0 Å². The van der Waals surface area contributed by atoms with Crippen LogP contribution in [0.3, 0.4) is 0 Å². The summed E-state index contributed by atoms with van der Waals surface area (Å²) in [7, 11) is 0. The molecule has 1 aromatic carbocycles. The molecule has 1 aliphatic rings. The fourth-order valence-corrected chi connectivity index (χ4v) is 2.88. The van der Waals surface area contributed by atoms with Crippen LogP contribution < -0.4 is 9.64 Å². The number of carbonyl (C=O) groups is 1. The maximum Gasteiger partial charge on any atom is 0.387 e. The SMILES string of the molecule is CCn1cc(CC(=O)N2CCCc3cccc(OC(F)F)c32)nn1. The average molecular weight is 336 g/mol. The van der Waals surface area contributed by atoms with Crippen LogP contribution in [0.4, 0.5) is 14.5 Å². The van der Waals surface area contributed by atoms with Crippen LogP contribution in [0.1, 0.15) is 24.6 Å². The molecule has 1 aliphatic heterocycles. The van der Waals surface area contributed by atoms with Crippen molar-refractivity contribution in [2.45, 2.75) is 39.3 Å². The van der Waals surface area contributed by atoms with E-state index < -0.39 is 6.61 Å². The van der Waals surface area contributed by atoms with Crippen molar-refractivity contribution >= 4 is 11.6 Å². The van der Waals surface area contributed by atoms with Gasteiger partial charge in [0.2, 0.25) is 5.91 Å². The minimum Gasteiger partial charge on any atom is -0.433 e. The van der Waals surface area contributed by atoms with Gasteiger partial charge in [-0.2, -0.15) is 8.78 Å². The van der Waals surface area contributed by atoms with Crippen LogP contribution >= 0.6 is 0 Å². The van der Waals surface area contributed by atoms with E-state index in [1.54, 1.807) is 16.9 Å². The summed E-state index contributed by atoms with van der Waals surface area (Å²) in [6, 6.07) is 4.96. The number of benzene rings is 1. The summed E-state index contributed by atoms with van der Waals surface area (Å²) in [6.07, 6.45) is 3.29. The van der Waals surface area contributed by atoms with Crippen molar-refractivity contribution in [2.24, 2.45) is 0 Å². The molecule has 2 heterocycles. The minimum absolute atomic E-state index is 0.0350. The van der Waals surface area contributed by atoms with Crippen molar-refractivity contribution in [3.63, 3.8) is 0 Å². The molecule has 3 rings (SSSR count). The number of ether oxygens (including phenoxy) is 1. The molecular formula is C16H18F2N4O2. The first-order chi connectivity index (χ1) is 11.6. The highest BCUT2D eigenvalue weighted by Crippen LogP contribution is 2.37. The molecule has 0 saturated carbocycles. The first-order valence-electron chi connectivity index (χ1n) is 7.84. The van der Waals surface area contributed by atoms with E-state index in [0.29, 0.717) is 24.5 Å². The molecular weight excluding hydrogens is 318 g/mol. The van der Waals surface area contributed by atoms with E-state index in [9.17, 15) is 13.6 Å². The molecule has 24 heavy (non-hydrogen) atoms. The Morgan fingerprint density at radius 1 is 1.42 bits per heavy atom. The van der Waals surface area contributed by atoms with E-state index in [1.165, 1.54) is 11.0 Å². The van der Waals surface area contributed by atoms with Gasteiger partial charge in [-0.1, -0.05) is 17.3 Å². The second-order valence-electron chi connectivity index (χ2n) is 5.53. The van der Waals surface area contributed by atoms with Gasteiger partial charge in [0.25, 0.3) is 0 Å². The highest BCUT2D eigenvalue weighted by atomic mass is 19.3. The molecule has 0 saturated heterocycles. The monoisotopic (exact) mass is 336 g/mol. The molecule has 1 amide bonds. The zero-order valence-electron chi connectivity index (χ0n) is 13.3. The second-order valence-corrected chi connectivity index (χ2v) is 5.53. The van der Waals surface area contributed by atoms with Gasteiger partial charge in [-0.05, 0) is 31.4 Å². The standard InChI is InChI=1S/C16H18F2N4O2/c1-2-21-10-12(19-20-21)9-14(23)22-8-4-6-11-5-3-7-13(15(11)22)24-16(17)18/h3,5,7,10,16H,2,4,6,8-9H2,1H3. The predicted molar refractivity (Wildman–Crippen MR) is 83.1 cm³/mol. The number of halogens is 2. The maximum atomic E-state index is 12.7. The number of hydrogen-bond donors (Lipinski definition) is 0. The van der Waals surface area contributed by atoms with E-state index >= 15 is 0 Å². The molecule has 0 spiro atoms. The number of anilines is 1. The highest BCUT2D eigenvalue weighted by Gasteiger charge is 2.27. The van der Waals surface area contributed by atoms with Crippen molar-refractivity contribution in [2.75, 3.05) is 11.4 Å². The van der Waals surface area contributed by atoms with Crippen molar-refractivity contribution in [3.8, 4) is 5.75 Å². The third-order valence-corrected chi connectivity index (χ3v) is 3.94. The molecule has 0 N–H and O–H groups in total. The zero-order chi connectivity index (χ0) is 17.1. The lowest BCUT2D eigenvalue weighted by molar-refractivity contribution is -0.118. The normalized spacial score (nSPS) is 13.9. The lowest BCUT2D eigenvalue weighted by Crippen LogP contribution is -2.37. The average Bonchev–Trinajstić information content (AvgIpc) is 3.01. The van der Waals surface area contributed by atoms with E-state index in [0.717, 1.165) is 18.4 Å². The molecule has 0 atom stereocenters.